The Morgan fingerprint density at radius 2 is 2.20 bits per heavy atom. The van der Waals surface area contributed by atoms with Gasteiger partial charge in [-0.3, -0.25) is 4.79 Å². The molecular weight excluding hydrogens is 320 g/mol. The van der Waals surface area contributed by atoms with Gasteiger partial charge in [0, 0.05) is 10.7 Å². The number of hydrogen-bond acceptors (Lipinski definition) is 3. The monoisotopic (exact) mass is 334 g/mol. The van der Waals surface area contributed by atoms with Gasteiger partial charge in [-0.15, -0.1) is 0 Å². The fourth-order valence-corrected chi connectivity index (χ4v) is 1.98. The molecule has 0 unspecified atom stereocenters. The molecule has 0 radical (unpaired) electrons. The lowest BCUT2D eigenvalue weighted by molar-refractivity contribution is -0.115. The second kappa shape index (κ2) is 6.52. The molecule has 0 saturated heterocycles. The van der Waals surface area contributed by atoms with Gasteiger partial charge in [0.25, 0.3) is 0 Å². The van der Waals surface area contributed by atoms with Gasteiger partial charge in [-0.1, -0.05) is 12.1 Å². The summed E-state index contributed by atoms with van der Waals surface area (Å²) in [6, 6.07) is 9.28. The molecule has 1 heterocycles. The zero-order valence-electron chi connectivity index (χ0n) is 11.3. The van der Waals surface area contributed by atoms with Gasteiger partial charge in [0.2, 0.25) is 5.91 Å². The minimum atomic E-state index is -0.104. The summed E-state index contributed by atoms with van der Waals surface area (Å²) in [5.74, 6) is 1.19. The number of benzene rings is 1. The van der Waals surface area contributed by atoms with Gasteiger partial charge in [-0.05, 0) is 52.2 Å². The van der Waals surface area contributed by atoms with Crippen molar-refractivity contribution < 1.29 is 9.53 Å². The van der Waals surface area contributed by atoms with Crippen molar-refractivity contribution in [2.45, 2.75) is 13.3 Å². The van der Waals surface area contributed by atoms with Crippen LogP contribution >= 0.6 is 15.9 Å². The highest BCUT2D eigenvalue weighted by molar-refractivity contribution is 9.10. The lowest BCUT2D eigenvalue weighted by Crippen LogP contribution is -2.15. The van der Waals surface area contributed by atoms with Crippen LogP contribution in [0.5, 0.6) is 5.75 Å². The summed E-state index contributed by atoms with van der Waals surface area (Å²) < 4.78 is 6.05. The molecule has 5 heteroatoms. The van der Waals surface area contributed by atoms with Crippen molar-refractivity contribution in [3.63, 3.8) is 0 Å². The molecule has 2 aromatic rings. The maximum Gasteiger partial charge on any atom is 0.229 e. The van der Waals surface area contributed by atoms with Crippen molar-refractivity contribution in [2.75, 3.05) is 12.4 Å². The summed E-state index contributed by atoms with van der Waals surface area (Å²) >= 11 is 3.38. The third-order valence-corrected chi connectivity index (χ3v) is 3.64. The molecule has 1 N–H and O–H groups in total. The zero-order valence-corrected chi connectivity index (χ0v) is 12.9. The van der Waals surface area contributed by atoms with E-state index in [1.807, 2.05) is 37.3 Å². The lowest BCUT2D eigenvalue weighted by Gasteiger charge is -2.07. The van der Waals surface area contributed by atoms with Crippen molar-refractivity contribution in [2.24, 2.45) is 0 Å². The number of pyridine rings is 1. The van der Waals surface area contributed by atoms with Crippen molar-refractivity contribution in [3.05, 3.63) is 52.1 Å². The number of aromatic nitrogens is 1. The minimum Gasteiger partial charge on any atom is -0.497 e. The summed E-state index contributed by atoms with van der Waals surface area (Å²) in [4.78, 5) is 16.1. The van der Waals surface area contributed by atoms with E-state index in [0.717, 1.165) is 21.3 Å². The molecule has 0 fully saturated rings. The van der Waals surface area contributed by atoms with Gasteiger partial charge >= 0.3 is 0 Å². The number of nitrogens with one attached hydrogen (secondary N) is 1. The van der Waals surface area contributed by atoms with Gasteiger partial charge in [0.15, 0.2) is 0 Å². The highest BCUT2D eigenvalue weighted by atomic mass is 79.9. The molecule has 1 aromatic carbocycles. The normalized spacial score (nSPS) is 10.2. The number of anilines is 1. The SMILES string of the molecule is COc1cccc(CC(=O)Nc2cc(C)c(Br)cn2)c1. The van der Waals surface area contributed by atoms with Crippen LogP contribution in [-0.4, -0.2) is 18.0 Å². The summed E-state index contributed by atoms with van der Waals surface area (Å²) in [7, 11) is 1.60. The number of amides is 1. The third kappa shape index (κ3) is 3.81. The quantitative estimate of drug-likeness (QED) is 0.932. The van der Waals surface area contributed by atoms with Crippen LogP contribution in [-0.2, 0) is 11.2 Å². The Balaban J connectivity index is 2.03. The Bertz CT molecular complexity index is 629. The Kier molecular flexibility index (Phi) is 4.74. The zero-order chi connectivity index (χ0) is 14.5. The fraction of sp³-hybridized carbons (Fsp3) is 0.200. The average Bonchev–Trinajstić information content (AvgIpc) is 2.43. The van der Waals surface area contributed by atoms with Crippen molar-refractivity contribution >= 4 is 27.7 Å². The van der Waals surface area contributed by atoms with E-state index in [0.29, 0.717) is 5.82 Å². The van der Waals surface area contributed by atoms with Gasteiger partial charge in [0.1, 0.15) is 11.6 Å². The molecule has 104 valence electrons. The number of aryl methyl sites for hydroxylation is 1. The Hall–Kier alpha value is -1.88. The van der Waals surface area contributed by atoms with Crippen LogP contribution in [0.2, 0.25) is 0 Å². The summed E-state index contributed by atoms with van der Waals surface area (Å²) in [6.07, 6.45) is 1.96. The van der Waals surface area contributed by atoms with Gasteiger partial charge in [0.05, 0.1) is 13.5 Å². The molecule has 0 aliphatic carbocycles. The van der Waals surface area contributed by atoms with Crippen molar-refractivity contribution in [3.8, 4) is 5.75 Å². The first-order chi connectivity index (χ1) is 9.58. The van der Waals surface area contributed by atoms with Crippen LogP contribution in [0.1, 0.15) is 11.1 Å². The molecule has 20 heavy (non-hydrogen) atoms. The van der Waals surface area contributed by atoms with E-state index < -0.39 is 0 Å². The van der Waals surface area contributed by atoms with Crippen LogP contribution < -0.4 is 10.1 Å². The molecule has 0 aliphatic heterocycles. The Morgan fingerprint density at radius 1 is 1.40 bits per heavy atom. The number of carbonyl (C=O) groups excluding carboxylic acids is 1. The van der Waals surface area contributed by atoms with Gasteiger partial charge < -0.3 is 10.1 Å². The van der Waals surface area contributed by atoms with Crippen molar-refractivity contribution in [1.29, 1.82) is 0 Å². The van der Waals surface area contributed by atoms with E-state index in [1.165, 1.54) is 0 Å². The lowest BCUT2D eigenvalue weighted by atomic mass is 10.1. The van der Waals surface area contributed by atoms with Crippen LogP contribution in [0, 0.1) is 6.92 Å². The number of nitrogens with zero attached hydrogens (tertiary/aromatic N) is 1. The number of methoxy groups -OCH3 is 1. The fourth-order valence-electron chi connectivity index (χ4n) is 1.76. The highest BCUT2D eigenvalue weighted by Gasteiger charge is 2.07. The first-order valence-corrected chi connectivity index (χ1v) is 6.92. The minimum absolute atomic E-state index is 0.104. The largest absolute Gasteiger partial charge is 0.497 e. The number of hydrogen-bond donors (Lipinski definition) is 1. The molecule has 4 nitrogen and oxygen atoms in total. The number of ether oxygens (including phenoxy) is 1. The van der Waals surface area contributed by atoms with E-state index >= 15 is 0 Å². The first-order valence-electron chi connectivity index (χ1n) is 6.13. The molecule has 0 atom stereocenters. The average molecular weight is 335 g/mol. The molecule has 0 spiro atoms. The number of rotatable bonds is 4. The molecular formula is C15H15BrN2O2. The Labute approximate surface area is 126 Å². The predicted molar refractivity (Wildman–Crippen MR) is 82.0 cm³/mol. The molecule has 1 amide bonds. The molecule has 0 aliphatic rings. The second-order valence-corrected chi connectivity index (χ2v) is 5.25. The number of carbonyl (C=O) groups is 1. The topological polar surface area (TPSA) is 51.2 Å². The van der Waals surface area contributed by atoms with E-state index in [4.69, 9.17) is 4.74 Å². The molecule has 0 saturated carbocycles. The third-order valence-electron chi connectivity index (χ3n) is 2.81. The Morgan fingerprint density at radius 3 is 2.90 bits per heavy atom. The highest BCUT2D eigenvalue weighted by Crippen LogP contribution is 2.18. The van der Waals surface area contributed by atoms with Crippen LogP contribution in [0.4, 0.5) is 5.82 Å². The second-order valence-electron chi connectivity index (χ2n) is 4.40. The van der Waals surface area contributed by atoms with Gasteiger partial charge in [-0.2, -0.15) is 0 Å². The van der Waals surface area contributed by atoms with Crippen molar-refractivity contribution in [1.82, 2.24) is 4.98 Å². The number of halogens is 1. The predicted octanol–water partition coefficient (Wildman–Crippen LogP) is 3.34. The standard InChI is InChI=1S/C15H15BrN2O2/c1-10-6-14(17-9-13(10)16)18-15(19)8-11-4-3-5-12(7-11)20-2/h3-7,9H,8H2,1-2H3,(H,17,18,19). The van der Waals surface area contributed by atoms with E-state index in [-0.39, 0.29) is 12.3 Å². The maximum absolute atomic E-state index is 12.0. The van der Waals surface area contributed by atoms with Gasteiger partial charge in [-0.25, -0.2) is 4.98 Å². The summed E-state index contributed by atoms with van der Waals surface area (Å²) in [5, 5.41) is 2.78. The smallest absolute Gasteiger partial charge is 0.229 e. The molecule has 1 aromatic heterocycles. The van der Waals surface area contributed by atoms with E-state index in [9.17, 15) is 4.79 Å². The summed E-state index contributed by atoms with van der Waals surface area (Å²) in [5.41, 5.74) is 1.92. The molecule has 2 rings (SSSR count). The van der Waals surface area contributed by atoms with Crippen LogP contribution in [0.25, 0.3) is 0 Å². The van der Waals surface area contributed by atoms with Crippen LogP contribution in [0.3, 0.4) is 0 Å². The maximum atomic E-state index is 12.0. The molecule has 0 bridgehead atoms. The first kappa shape index (κ1) is 14.5. The van der Waals surface area contributed by atoms with E-state index in [1.54, 1.807) is 13.3 Å². The van der Waals surface area contributed by atoms with E-state index in [2.05, 4.69) is 26.2 Å². The summed E-state index contributed by atoms with van der Waals surface area (Å²) in [6.45, 7) is 1.95. The van der Waals surface area contributed by atoms with Crippen LogP contribution in [0.15, 0.2) is 41.0 Å².